The van der Waals surface area contributed by atoms with Gasteiger partial charge in [-0.05, 0) is 48.3 Å². The van der Waals surface area contributed by atoms with Crippen LogP contribution in [-0.4, -0.2) is 5.91 Å². The fraction of sp³-hybridized carbons (Fsp3) is 0.450. The Bertz CT molecular complexity index is 885. The minimum Gasteiger partial charge on any atom is -0.353 e. The van der Waals surface area contributed by atoms with Crippen LogP contribution < -0.4 is 10.6 Å². The summed E-state index contributed by atoms with van der Waals surface area (Å²) in [5.41, 5.74) is 3.18. The topological polar surface area (TPSA) is 41.1 Å². The molecule has 1 amide bonds. The van der Waals surface area contributed by atoms with Gasteiger partial charge in [0.25, 0.3) is 5.91 Å². The molecule has 0 fully saturated rings. The molecule has 2 heterocycles. The van der Waals surface area contributed by atoms with Gasteiger partial charge in [-0.2, -0.15) is 0 Å². The van der Waals surface area contributed by atoms with Crippen molar-refractivity contribution in [3.8, 4) is 0 Å². The molecule has 2 N–H and O–H groups in total. The molecular weight excluding hydrogens is 387 g/mol. The van der Waals surface area contributed by atoms with E-state index in [1.807, 2.05) is 6.07 Å². The van der Waals surface area contributed by atoms with Crippen LogP contribution in [0.3, 0.4) is 0 Å². The van der Waals surface area contributed by atoms with Crippen molar-refractivity contribution >= 4 is 45.4 Å². The van der Waals surface area contributed by atoms with Crippen molar-refractivity contribution in [3.05, 3.63) is 49.8 Å². The van der Waals surface area contributed by atoms with Gasteiger partial charge in [0.15, 0.2) is 0 Å². The van der Waals surface area contributed by atoms with Crippen molar-refractivity contribution in [2.45, 2.75) is 46.2 Å². The van der Waals surface area contributed by atoms with Gasteiger partial charge in [-0.25, -0.2) is 0 Å². The van der Waals surface area contributed by atoms with Crippen LogP contribution in [0.15, 0.2) is 18.2 Å². The zero-order valence-electron chi connectivity index (χ0n) is 15.1. The van der Waals surface area contributed by atoms with Gasteiger partial charge in [0.1, 0.15) is 11.2 Å². The minimum atomic E-state index is -0.335. The molecule has 0 saturated heterocycles. The smallest absolute Gasteiger partial charge is 0.256 e. The van der Waals surface area contributed by atoms with E-state index in [0.717, 1.165) is 35.4 Å². The summed E-state index contributed by atoms with van der Waals surface area (Å²) < 4.78 is 0. The largest absolute Gasteiger partial charge is 0.353 e. The number of carbonyl (C=O) groups is 1. The molecule has 0 unspecified atom stereocenters. The number of hydrogen-bond acceptors (Lipinski definition) is 3. The number of halogens is 2. The average molecular weight is 409 g/mol. The van der Waals surface area contributed by atoms with Gasteiger partial charge in [-0.3, -0.25) is 4.79 Å². The van der Waals surface area contributed by atoms with E-state index in [4.69, 9.17) is 23.2 Å². The van der Waals surface area contributed by atoms with Crippen molar-refractivity contribution in [1.29, 1.82) is 0 Å². The highest BCUT2D eigenvalue weighted by atomic mass is 35.5. The number of amides is 1. The number of nitrogens with one attached hydrogen (secondary N) is 2. The highest BCUT2D eigenvalue weighted by molar-refractivity contribution is 7.16. The highest BCUT2D eigenvalue weighted by Gasteiger charge is 2.36. The summed E-state index contributed by atoms with van der Waals surface area (Å²) in [5, 5.41) is 8.63. The number of fused-ring (bicyclic) bond motifs is 3. The van der Waals surface area contributed by atoms with E-state index in [2.05, 4.69) is 31.4 Å². The van der Waals surface area contributed by atoms with Crippen molar-refractivity contribution in [3.63, 3.8) is 0 Å². The van der Waals surface area contributed by atoms with E-state index in [-0.39, 0.29) is 17.5 Å². The van der Waals surface area contributed by atoms with Crippen LogP contribution >= 0.6 is 34.5 Å². The van der Waals surface area contributed by atoms with Crippen LogP contribution in [0, 0.1) is 11.3 Å². The Hall–Kier alpha value is -1.23. The van der Waals surface area contributed by atoms with Gasteiger partial charge in [0, 0.05) is 20.5 Å². The zero-order chi connectivity index (χ0) is 18.6. The number of hydrogen-bond donors (Lipinski definition) is 2. The number of thiophene rings is 1. The molecule has 2 aromatic rings. The van der Waals surface area contributed by atoms with Crippen molar-refractivity contribution in [2.24, 2.45) is 11.3 Å². The lowest BCUT2D eigenvalue weighted by molar-refractivity contribution is 0.0935. The second-order valence-electron chi connectivity index (χ2n) is 8.23. The van der Waals surface area contributed by atoms with E-state index < -0.39 is 0 Å². The Kier molecular flexibility index (Phi) is 4.49. The molecule has 2 aliphatic rings. The number of rotatable bonds is 1. The van der Waals surface area contributed by atoms with E-state index in [1.165, 1.54) is 10.4 Å². The third-order valence-corrected chi connectivity index (χ3v) is 7.29. The van der Waals surface area contributed by atoms with Gasteiger partial charge in [0.2, 0.25) is 0 Å². The van der Waals surface area contributed by atoms with E-state index >= 15 is 0 Å². The lowest BCUT2D eigenvalue weighted by Gasteiger charge is -2.34. The molecule has 138 valence electrons. The molecule has 6 heteroatoms. The molecule has 2 atom stereocenters. The van der Waals surface area contributed by atoms with Crippen molar-refractivity contribution < 1.29 is 4.79 Å². The van der Waals surface area contributed by atoms with E-state index in [0.29, 0.717) is 16.0 Å². The van der Waals surface area contributed by atoms with Gasteiger partial charge >= 0.3 is 0 Å². The lowest BCUT2D eigenvalue weighted by atomic mass is 9.72. The fourth-order valence-electron chi connectivity index (χ4n) is 3.93. The summed E-state index contributed by atoms with van der Waals surface area (Å²) in [6, 6.07) is 5.35. The summed E-state index contributed by atoms with van der Waals surface area (Å²) in [6.45, 7) is 6.92. The Morgan fingerprint density at radius 1 is 1.19 bits per heavy atom. The minimum absolute atomic E-state index is 0.0125. The van der Waals surface area contributed by atoms with Gasteiger partial charge in [-0.15, -0.1) is 11.3 Å². The van der Waals surface area contributed by atoms with Crippen LogP contribution in [0.2, 0.25) is 10.0 Å². The molecule has 0 saturated carbocycles. The number of anilines is 1. The summed E-state index contributed by atoms with van der Waals surface area (Å²) in [4.78, 5) is 14.2. The molecule has 1 aromatic heterocycles. The summed E-state index contributed by atoms with van der Waals surface area (Å²) >= 11 is 14.1. The molecule has 1 aliphatic carbocycles. The third-order valence-electron chi connectivity index (χ3n) is 5.54. The van der Waals surface area contributed by atoms with Gasteiger partial charge < -0.3 is 10.6 Å². The van der Waals surface area contributed by atoms with Crippen molar-refractivity contribution in [1.82, 2.24) is 5.32 Å². The first-order valence-electron chi connectivity index (χ1n) is 8.91. The molecule has 0 radical (unpaired) electrons. The monoisotopic (exact) mass is 408 g/mol. The van der Waals surface area contributed by atoms with Crippen LogP contribution in [0.25, 0.3) is 0 Å². The first-order chi connectivity index (χ1) is 12.2. The lowest BCUT2D eigenvalue weighted by Crippen LogP contribution is -2.38. The van der Waals surface area contributed by atoms with E-state index in [1.54, 1.807) is 23.5 Å². The molecule has 0 bridgehead atoms. The Balaban J connectivity index is 1.66. The highest BCUT2D eigenvalue weighted by Crippen LogP contribution is 2.46. The standard InChI is InChI=1S/C20H22Cl2N2OS/c1-20(2,3)10-4-6-13-15(8-10)26-19-16(13)18(25)23-17(24-19)12-7-5-11(21)9-14(12)22/h5,7,9-10,17,24H,4,6,8H2,1-3H3,(H,23,25)/t10-,17+/m1/s1. The second-order valence-corrected chi connectivity index (χ2v) is 10.2. The second kappa shape index (κ2) is 6.43. The molecule has 1 aliphatic heterocycles. The summed E-state index contributed by atoms with van der Waals surface area (Å²) in [7, 11) is 0. The normalized spacial score (nSPS) is 22.3. The van der Waals surface area contributed by atoms with Crippen molar-refractivity contribution in [2.75, 3.05) is 5.32 Å². The molecule has 4 rings (SSSR count). The maximum atomic E-state index is 12.8. The molecule has 1 aromatic carbocycles. The maximum absolute atomic E-state index is 12.8. The average Bonchev–Trinajstić information content (AvgIpc) is 2.91. The molecule has 0 spiro atoms. The van der Waals surface area contributed by atoms with Crippen LogP contribution in [-0.2, 0) is 12.8 Å². The molecule has 26 heavy (non-hydrogen) atoms. The number of benzene rings is 1. The zero-order valence-corrected chi connectivity index (χ0v) is 17.4. The fourth-order valence-corrected chi connectivity index (χ4v) is 5.80. The summed E-state index contributed by atoms with van der Waals surface area (Å²) in [6.07, 6.45) is 2.83. The maximum Gasteiger partial charge on any atom is 0.256 e. The number of carbonyl (C=O) groups excluding carboxylic acids is 1. The van der Waals surface area contributed by atoms with Crippen LogP contribution in [0.5, 0.6) is 0 Å². The first kappa shape index (κ1) is 18.1. The Morgan fingerprint density at radius 3 is 2.65 bits per heavy atom. The van der Waals surface area contributed by atoms with Crippen LogP contribution in [0.1, 0.15) is 59.7 Å². The third kappa shape index (κ3) is 3.12. The predicted octanol–water partition coefficient (Wildman–Crippen LogP) is 6.06. The molecule has 3 nitrogen and oxygen atoms in total. The van der Waals surface area contributed by atoms with E-state index in [9.17, 15) is 4.79 Å². The van der Waals surface area contributed by atoms with Gasteiger partial charge in [-0.1, -0.05) is 50.0 Å². The molecular formula is C20H22Cl2N2OS. The first-order valence-corrected chi connectivity index (χ1v) is 10.5. The van der Waals surface area contributed by atoms with Crippen LogP contribution in [0.4, 0.5) is 5.00 Å². The Labute approximate surface area is 168 Å². The summed E-state index contributed by atoms with van der Waals surface area (Å²) in [5.74, 6) is 0.640. The predicted molar refractivity (Wildman–Crippen MR) is 110 cm³/mol. The SMILES string of the molecule is CC(C)(C)[C@@H]1CCc2c(sc3c2C(=O)N[C@H](c2ccc(Cl)cc2Cl)N3)C1. The van der Waals surface area contributed by atoms with Gasteiger partial charge in [0.05, 0.1) is 5.56 Å². The quantitative estimate of drug-likeness (QED) is 0.601. The Morgan fingerprint density at radius 2 is 1.96 bits per heavy atom.